The molecule has 2 aromatic rings. The van der Waals surface area contributed by atoms with Crippen LogP contribution >= 0.6 is 22.5 Å². The molecule has 0 aromatic heterocycles. The van der Waals surface area contributed by atoms with Crippen molar-refractivity contribution >= 4 is 33.1 Å². The quantitative estimate of drug-likeness (QED) is 0.307. The third kappa shape index (κ3) is 5.32. The molecule has 7 nitrogen and oxygen atoms in total. The minimum Gasteiger partial charge on any atom is -0.306 e. The first kappa shape index (κ1) is 24.2. The molecule has 0 amide bonds. The van der Waals surface area contributed by atoms with E-state index in [0.29, 0.717) is 26.4 Å². The van der Waals surface area contributed by atoms with Crippen LogP contribution < -0.4 is 10.6 Å². The molecular weight excluding hydrogens is 487 g/mol. The topological polar surface area (TPSA) is 74.0 Å². The second kappa shape index (κ2) is 11.0. The lowest BCUT2D eigenvalue weighted by Gasteiger charge is -2.34. The number of rotatable bonds is 2. The molecule has 0 saturated carbocycles. The highest BCUT2D eigenvalue weighted by molar-refractivity contribution is 7.89. The summed E-state index contributed by atoms with van der Waals surface area (Å²) in [5.41, 5.74) is 0. The summed E-state index contributed by atoms with van der Waals surface area (Å²) in [5, 5.41) is 2.04. The Bertz CT molecular complexity index is 1120. The summed E-state index contributed by atoms with van der Waals surface area (Å²) in [6.07, 6.45) is 11.5. The Morgan fingerprint density at radius 2 is 0.853 bits per heavy atom. The Kier molecular flexibility index (Phi) is 7.83. The number of hydrogen-bond acceptors (Lipinski definition) is 7. The maximum absolute atomic E-state index is 6.48. The van der Waals surface area contributed by atoms with E-state index >= 15 is 0 Å². The van der Waals surface area contributed by atoms with Crippen LogP contribution in [0.5, 0.6) is 0 Å². The molecule has 3 aliphatic heterocycles. The van der Waals surface area contributed by atoms with Crippen molar-refractivity contribution in [1.29, 1.82) is 0 Å². The molecule has 3 aliphatic rings. The molecule has 0 fully saturated rings. The number of hydrogen-bond donors (Lipinski definition) is 0. The van der Waals surface area contributed by atoms with E-state index in [9.17, 15) is 0 Å². The lowest BCUT2D eigenvalue weighted by molar-refractivity contribution is 0.237. The van der Waals surface area contributed by atoms with Crippen LogP contribution in [0.2, 0.25) is 0 Å². The van der Waals surface area contributed by atoms with Crippen LogP contribution in [0.4, 0.5) is 0 Å². The van der Waals surface area contributed by atoms with Gasteiger partial charge in [0.2, 0.25) is 0 Å². The van der Waals surface area contributed by atoms with Crippen LogP contribution in [0.3, 0.4) is 0 Å². The van der Waals surface area contributed by atoms with Gasteiger partial charge < -0.3 is 18.1 Å². The van der Waals surface area contributed by atoms with Gasteiger partial charge in [-0.15, -0.1) is 4.52 Å². The van der Waals surface area contributed by atoms with Gasteiger partial charge in [-0.1, -0.05) is 85.0 Å². The molecule has 34 heavy (non-hydrogen) atoms. The Hall–Kier alpha value is -1.55. The highest BCUT2D eigenvalue weighted by Gasteiger charge is 2.42. The van der Waals surface area contributed by atoms with Crippen LogP contribution in [-0.4, -0.2) is 26.4 Å². The van der Waals surface area contributed by atoms with E-state index in [1.54, 1.807) is 0 Å². The largest absolute Gasteiger partial charge is 0.345 e. The average Bonchev–Trinajstić information content (AvgIpc) is 2.92. The Balaban J connectivity index is 1.83. The van der Waals surface area contributed by atoms with Gasteiger partial charge in [0.1, 0.15) is 7.21 Å². The first-order chi connectivity index (χ1) is 16.7. The predicted molar refractivity (Wildman–Crippen MR) is 141 cm³/mol. The molecule has 0 saturated heterocycles. The van der Waals surface area contributed by atoms with Crippen molar-refractivity contribution in [3.8, 4) is 0 Å². The van der Waals surface area contributed by atoms with Crippen LogP contribution in [0.1, 0.15) is 25.7 Å². The lowest BCUT2D eigenvalue weighted by atomic mass is 10.3. The summed E-state index contributed by atoms with van der Waals surface area (Å²) in [7, 11) is -8.92. The van der Waals surface area contributed by atoms with Crippen molar-refractivity contribution in [3.63, 3.8) is 0 Å². The number of benzene rings is 2. The van der Waals surface area contributed by atoms with Gasteiger partial charge in [0.25, 0.3) is 0 Å². The van der Waals surface area contributed by atoms with Crippen molar-refractivity contribution in [2.75, 3.05) is 26.4 Å². The van der Waals surface area contributed by atoms with Crippen LogP contribution in [0.15, 0.2) is 98.5 Å². The minimum atomic E-state index is -3.09. The molecule has 10 heteroatoms. The van der Waals surface area contributed by atoms with Crippen molar-refractivity contribution in [2.45, 2.75) is 25.7 Å². The summed E-state index contributed by atoms with van der Waals surface area (Å²) in [5.74, 6) is 0. The standard InChI is InChI=1S/C24H30N3O4P3/c1-2-12-20-29-34-26-32(23-15-7-5-8-16-23,24-17-9-6-10-18-24)25-33(27-34,28-19-11-1)30-21-13-3-4-14-22-31-34/h1-10,15-18H,11-14,19-22H2/b2-1+,4-3+. The first-order valence-corrected chi connectivity index (χ1v) is 16.4. The van der Waals surface area contributed by atoms with Crippen LogP contribution in [0.25, 0.3) is 0 Å². The molecule has 2 aromatic carbocycles. The smallest absolute Gasteiger partial charge is 0.306 e. The first-order valence-electron chi connectivity index (χ1n) is 11.7. The van der Waals surface area contributed by atoms with Gasteiger partial charge in [0.05, 0.1) is 26.4 Å². The van der Waals surface area contributed by atoms with Crippen molar-refractivity contribution in [3.05, 3.63) is 85.0 Å². The fraction of sp³-hybridized carbons (Fsp3) is 0.333. The van der Waals surface area contributed by atoms with E-state index in [0.717, 1.165) is 36.3 Å². The van der Waals surface area contributed by atoms with Gasteiger partial charge in [-0.2, -0.15) is 9.03 Å². The normalized spacial score (nSPS) is 31.2. The zero-order chi connectivity index (χ0) is 23.2. The zero-order valence-electron chi connectivity index (χ0n) is 19.1. The molecule has 3 heterocycles. The third-order valence-corrected chi connectivity index (χ3v) is 15.3. The van der Waals surface area contributed by atoms with Crippen molar-refractivity contribution < 1.29 is 18.1 Å². The van der Waals surface area contributed by atoms with Crippen molar-refractivity contribution in [2.24, 2.45) is 13.5 Å². The molecule has 5 rings (SSSR count). The summed E-state index contributed by atoms with van der Waals surface area (Å²) < 4.78 is 41.8. The van der Waals surface area contributed by atoms with Gasteiger partial charge in [0, 0.05) is 10.6 Å². The molecule has 0 N–H and O–H groups in total. The summed E-state index contributed by atoms with van der Waals surface area (Å²) >= 11 is 0. The summed E-state index contributed by atoms with van der Waals surface area (Å²) in [6, 6.07) is 20.5. The van der Waals surface area contributed by atoms with E-state index in [1.807, 2.05) is 36.4 Å². The molecule has 2 bridgehead atoms. The average molecular weight is 517 g/mol. The lowest BCUT2D eigenvalue weighted by Crippen LogP contribution is -2.17. The van der Waals surface area contributed by atoms with E-state index in [1.165, 1.54) is 0 Å². The maximum Gasteiger partial charge on any atom is 0.345 e. The molecule has 0 unspecified atom stereocenters. The van der Waals surface area contributed by atoms with E-state index in [2.05, 4.69) is 48.6 Å². The molecule has 0 spiro atoms. The minimum absolute atomic E-state index is 0.469. The fourth-order valence-electron chi connectivity index (χ4n) is 3.86. The van der Waals surface area contributed by atoms with Crippen LogP contribution in [-0.2, 0) is 18.1 Å². The molecule has 0 aliphatic carbocycles. The summed E-state index contributed by atoms with van der Waals surface area (Å²) in [4.78, 5) is 0. The molecular formula is C24H30N3O4P3. The van der Waals surface area contributed by atoms with Gasteiger partial charge in [0.15, 0.2) is 0 Å². The summed E-state index contributed by atoms with van der Waals surface area (Å²) in [6.45, 7) is 1.88. The van der Waals surface area contributed by atoms with Gasteiger partial charge in [-0.05, 0) is 25.7 Å². The van der Waals surface area contributed by atoms with Crippen molar-refractivity contribution in [1.82, 2.24) is 0 Å². The monoisotopic (exact) mass is 517 g/mol. The predicted octanol–water partition coefficient (Wildman–Crippen LogP) is 7.43. The highest BCUT2D eigenvalue weighted by atomic mass is 31.3. The van der Waals surface area contributed by atoms with Gasteiger partial charge >= 0.3 is 15.3 Å². The second-order valence-electron chi connectivity index (χ2n) is 7.95. The van der Waals surface area contributed by atoms with Gasteiger partial charge in [-0.25, -0.2) is 0 Å². The van der Waals surface area contributed by atoms with Crippen LogP contribution in [0, 0.1) is 0 Å². The second-order valence-corrected chi connectivity index (χ2v) is 15.3. The Morgan fingerprint density at radius 1 is 0.471 bits per heavy atom. The van der Waals surface area contributed by atoms with E-state index in [4.69, 9.17) is 31.6 Å². The van der Waals surface area contributed by atoms with E-state index < -0.39 is 22.5 Å². The maximum atomic E-state index is 6.48. The zero-order valence-corrected chi connectivity index (χ0v) is 21.7. The molecule has 0 radical (unpaired) electrons. The third-order valence-electron chi connectivity index (χ3n) is 5.45. The van der Waals surface area contributed by atoms with Gasteiger partial charge in [-0.3, -0.25) is 0 Å². The van der Waals surface area contributed by atoms with E-state index in [-0.39, 0.29) is 0 Å². The SMILES string of the molecule is C1=C/CCOP23=NP(c4ccccc4)(c4ccccc4)=NP(=N2)(OCC/1)OCC/C=C/CCO3. The molecule has 180 valence electrons. The number of nitrogens with zero attached hydrogens (tertiary/aromatic N) is 3. The Morgan fingerprint density at radius 3 is 1.26 bits per heavy atom. The highest BCUT2D eigenvalue weighted by Crippen LogP contribution is 2.79. The fourth-order valence-corrected chi connectivity index (χ4v) is 15.3. The Labute approximate surface area is 201 Å². The molecule has 0 atom stereocenters.